The molecule has 0 radical (unpaired) electrons. The van der Waals surface area contributed by atoms with Gasteiger partial charge in [-0.3, -0.25) is 4.79 Å². The third-order valence-corrected chi connectivity index (χ3v) is 3.82. The second-order valence-corrected chi connectivity index (χ2v) is 5.70. The number of methoxy groups -OCH3 is 1. The minimum atomic E-state index is -0.509. The smallest absolute Gasteiger partial charge is 0.135 e. The zero-order valence-electron chi connectivity index (χ0n) is 13.7. The fraction of sp³-hybridized carbons (Fsp3) is 0.611. The Balaban J connectivity index is 2.40. The highest BCUT2D eigenvalue weighted by Crippen LogP contribution is 2.21. The largest absolute Gasteiger partial charge is 0.496 e. The van der Waals surface area contributed by atoms with Crippen LogP contribution in [0.25, 0.3) is 0 Å². The second-order valence-electron chi connectivity index (χ2n) is 5.70. The number of carbonyl (C=O) groups is 1. The number of unbranched alkanes of at least 4 members (excludes halogenated alkanes) is 2. The van der Waals surface area contributed by atoms with Gasteiger partial charge in [-0.25, -0.2) is 0 Å². The van der Waals surface area contributed by atoms with E-state index in [0.29, 0.717) is 25.0 Å². The van der Waals surface area contributed by atoms with E-state index in [2.05, 4.69) is 6.92 Å². The van der Waals surface area contributed by atoms with Gasteiger partial charge in [0.2, 0.25) is 0 Å². The van der Waals surface area contributed by atoms with Crippen LogP contribution in [-0.4, -0.2) is 29.2 Å². The topological polar surface area (TPSA) is 66.8 Å². The first-order chi connectivity index (χ1) is 10.6. The number of hydrogen-bond donors (Lipinski definition) is 2. The predicted octanol–water partition coefficient (Wildman–Crippen LogP) is 3.02. The molecule has 0 aliphatic heterocycles. The van der Waals surface area contributed by atoms with Crippen molar-refractivity contribution in [3.8, 4) is 5.75 Å². The number of ketones is 1. The van der Waals surface area contributed by atoms with Crippen LogP contribution in [0.4, 0.5) is 0 Å². The van der Waals surface area contributed by atoms with Crippen molar-refractivity contribution in [1.82, 2.24) is 0 Å². The summed E-state index contributed by atoms with van der Waals surface area (Å²) in [6.45, 7) is 2.06. The monoisotopic (exact) mass is 308 g/mol. The van der Waals surface area contributed by atoms with E-state index in [1.165, 1.54) is 0 Å². The van der Waals surface area contributed by atoms with Gasteiger partial charge in [0.05, 0.1) is 19.8 Å². The summed E-state index contributed by atoms with van der Waals surface area (Å²) < 4.78 is 5.22. The highest BCUT2D eigenvalue weighted by Gasteiger charge is 2.11. The summed E-state index contributed by atoms with van der Waals surface area (Å²) in [4.78, 5) is 11.9. The average molecular weight is 308 g/mol. The number of hydrogen-bond acceptors (Lipinski definition) is 4. The summed E-state index contributed by atoms with van der Waals surface area (Å²) in [6.07, 6.45) is 4.69. The van der Waals surface area contributed by atoms with Crippen LogP contribution in [0.1, 0.15) is 56.6 Å². The number of aryl methyl sites for hydroxylation is 1. The number of ether oxygens (including phenoxy) is 1. The van der Waals surface area contributed by atoms with E-state index < -0.39 is 6.10 Å². The minimum absolute atomic E-state index is 0.0632. The molecule has 0 aromatic heterocycles. The fourth-order valence-corrected chi connectivity index (χ4v) is 2.46. The van der Waals surface area contributed by atoms with Gasteiger partial charge in [-0.05, 0) is 24.5 Å². The van der Waals surface area contributed by atoms with Crippen molar-refractivity contribution < 1.29 is 19.7 Å². The molecule has 0 amide bonds. The maximum atomic E-state index is 11.9. The predicted molar refractivity (Wildman–Crippen MR) is 87.0 cm³/mol. The van der Waals surface area contributed by atoms with Gasteiger partial charge in [-0.1, -0.05) is 38.3 Å². The van der Waals surface area contributed by atoms with Gasteiger partial charge >= 0.3 is 0 Å². The molecular formula is C18H28O4. The van der Waals surface area contributed by atoms with Crippen LogP contribution in [0.2, 0.25) is 0 Å². The highest BCUT2D eigenvalue weighted by atomic mass is 16.5. The van der Waals surface area contributed by atoms with Gasteiger partial charge in [0.1, 0.15) is 11.5 Å². The van der Waals surface area contributed by atoms with Crippen molar-refractivity contribution in [2.75, 3.05) is 7.11 Å². The van der Waals surface area contributed by atoms with E-state index in [0.717, 1.165) is 30.4 Å². The summed E-state index contributed by atoms with van der Waals surface area (Å²) in [5.41, 5.74) is 1.74. The lowest BCUT2D eigenvalue weighted by Crippen LogP contribution is -2.14. The van der Waals surface area contributed by atoms with E-state index in [-0.39, 0.29) is 18.8 Å². The van der Waals surface area contributed by atoms with Crippen LogP contribution in [-0.2, 0) is 17.8 Å². The maximum Gasteiger partial charge on any atom is 0.135 e. The van der Waals surface area contributed by atoms with Crippen LogP contribution < -0.4 is 4.74 Å². The number of aliphatic hydroxyl groups excluding tert-OH is 2. The molecule has 0 bridgehead atoms. The molecule has 4 heteroatoms. The summed E-state index contributed by atoms with van der Waals surface area (Å²) in [6, 6.07) is 5.58. The zero-order chi connectivity index (χ0) is 16.4. The normalized spacial score (nSPS) is 12.2. The molecule has 1 atom stereocenters. The minimum Gasteiger partial charge on any atom is -0.496 e. The van der Waals surface area contributed by atoms with Crippen molar-refractivity contribution in [3.63, 3.8) is 0 Å². The lowest BCUT2D eigenvalue weighted by molar-refractivity contribution is -0.121. The first kappa shape index (κ1) is 18.7. The zero-order valence-corrected chi connectivity index (χ0v) is 13.7. The first-order valence-electron chi connectivity index (χ1n) is 8.07. The molecule has 4 nitrogen and oxygen atoms in total. The molecule has 0 fully saturated rings. The molecule has 124 valence electrons. The van der Waals surface area contributed by atoms with Crippen molar-refractivity contribution in [2.45, 2.75) is 64.6 Å². The van der Waals surface area contributed by atoms with Crippen molar-refractivity contribution in [1.29, 1.82) is 0 Å². The molecule has 22 heavy (non-hydrogen) atoms. The van der Waals surface area contributed by atoms with Gasteiger partial charge in [-0.15, -0.1) is 0 Å². The summed E-state index contributed by atoms with van der Waals surface area (Å²) in [5.74, 6) is 0.737. The number of benzene rings is 1. The Morgan fingerprint density at radius 3 is 2.73 bits per heavy atom. The van der Waals surface area contributed by atoms with Crippen LogP contribution in [0, 0.1) is 0 Å². The van der Waals surface area contributed by atoms with Gasteiger partial charge in [0, 0.05) is 18.4 Å². The maximum absolute atomic E-state index is 11.9. The van der Waals surface area contributed by atoms with E-state index in [9.17, 15) is 15.0 Å². The number of carbonyl (C=O) groups excluding carboxylic acids is 1. The average Bonchev–Trinajstić information content (AvgIpc) is 2.52. The lowest BCUT2D eigenvalue weighted by Gasteiger charge is -2.10. The number of Topliss-reactive ketones (excluding diaryl/α,β-unsaturated/α-hetero) is 1. The van der Waals surface area contributed by atoms with Gasteiger partial charge in [-0.2, -0.15) is 0 Å². The summed E-state index contributed by atoms with van der Waals surface area (Å²) in [7, 11) is 1.57. The molecule has 0 saturated carbocycles. The molecule has 0 aliphatic carbocycles. The van der Waals surface area contributed by atoms with Gasteiger partial charge < -0.3 is 14.9 Å². The molecule has 1 rings (SSSR count). The van der Waals surface area contributed by atoms with Gasteiger partial charge in [0.15, 0.2) is 0 Å². The SMILES string of the molecule is CCCCCC(O)CC(=O)CCc1ccc(CO)c(OC)c1. The van der Waals surface area contributed by atoms with Crippen LogP contribution in [0.15, 0.2) is 18.2 Å². The van der Waals surface area contributed by atoms with Crippen molar-refractivity contribution in [2.24, 2.45) is 0 Å². The Kier molecular flexibility index (Phi) is 8.78. The Bertz CT molecular complexity index is 456. The molecule has 1 aromatic carbocycles. The second kappa shape index (κ2) is 10.4. The number of aliphatic hydroxyl groups is 2. The molecule has 0 aliphatic rings. The molecule has 1 aromatic rings. The Hall–Kier alpha value is -1.39. The Morgan fingerprint density at radius 2 is 2.09 bits per heavy atom. The van der Waals surface area contributed by atoms with Crippen LogP contribution in [0.3, 0.4) is 0 Å². The molecule has 0 spiro atoms. The highest BCUT2D eigenvalue weighted by molar-refractivity contribution is 5.79. The van der Waals surface area contributed by atoms with Gasteiger partial charge in [0.25, 0.3) is 0 Å². The van der Waals surface area contributed by atoms with Crippen LogP contribution in [0.5, 0.6) is 5.75 Å². The van der Waals surface area contributed by atoms with E-state index >= 15 is 0 Å². The number of rotatable bonds is 11. The molecule has 1 unspecified atom stereocenters. The van der Waals surface area contributed by atoms with E-state index in [1.54, 1.807) is 7.11 Å². The quantitative estimate of drug-likeness (QED) is 0.617. The fourth-order valence-electron chi connectivity index (χ4n) is 2.46. The standard InChI is InChI=1S/C18H28O4/c1-3-4-5-6-16(20)12-17(21)10-8-14-7-9-15(13-19)18(11-14)22-2/h7,9,11,16,19-20H,3-6,8,10,12-13H2,1-2H3. The molecule has 0 heterocycles. The molecule has 0 saturated heterocycles. The lowest BCUT2D eigenvalue weighted by atomic mass is 10.0. The van der Waals surface area contributed by atoms with E-state index in [1.807, 2.05) is 18.2 Å². The summed E-state index contributed by atoms with van der Waals surface area (Å²) in [5, 5.41) is 19.0. The van der Waals surface area contributed by atoms with Crippen molar-refractivity contribution >= 4 is 5.78 Å². The third kappa shape index (κ3) is 6.58. The Labute approximate surface area is 133 Å². The van der Waals surface area contributed by atoms with Crippen LogP contribution >= 0.6 is 0 Å². The Morgan fingerprint density at radius 1 is 1.32 bits per heavy atom. The third-order valence-electron chi connectivity index (χ3n) is 3.82. The molecule has 2 N–H and O–H groups in total. The van der Waals surface area contributed by atoms with E-state index in [4.69, 9.17) is 4.74 Å². The first-order valence-corrected chi connectivity index (χ1v) is 8.07. The van der Waals surface area contributed by atoms with Crippen molar-refractivity contribution in [3.05, 3.63) is 29.3 Å². The molecular weight excluding hydrogens is 280 g/mol. The summed E-state index contributed by atoms with van der Waals surface area (Å²) >= 11 is 0.